The molecule has 17 heavy (non-hydrogen) atoms. The number of aliphatic hydroxyl groups excluding tert-OH is 1. The average Bonchev–Trinajstić information content (AvgIpc) is 2.28. The molecule has 1 rings (SSSR count). The number of anilines is 1. The van der Waals surface area contributed by atoms with Crippen LogP contribution in [0.2, 0.25) is 0 Å². The summed E-state index contributed by atoms with van der Waals surface area (Å²) in [6, 6.07) is 4.81. The zero-order valence-corrected chi connectivity index (χ0v) is 10.5. The number of para-hydroxylation sites is 1. The first-order chi connectivity index (χ1) is 8.11. The highest BCUT2D eigenvalue weighted by molar-refractivity contribution is 5.56. The minimum atomic E-state index is -0.676. The molecule has 1 aromatic carbocycles. The number of nitrogens with zero attached hydrogens (tertiary/aromatic N) is 1. The van der Waals surface area contributed by atoms with E-state index in [1.54, 1.807) is 25.1 Å². The van der Waals surface area contributed by atoms with Crippen molar-refractivity contribution >= 4 is 5.69 Å². The van der Waals surface area contributed by atoms with E-state index in [0.717, 1.165) is 13.0 Å². The van der Waals surface area contributed by atoms with E-state index in [4.69, 9.17) is 0 Å². The van der Waals surface area contributed by atoms with Gasteiger partial charge in [0.05, 0.1) is 11.8 Å². The Bertz CT molecular complexity index is 376. The smallest absolute Gasteiger partial charge is 0.146 e. The van der Waals surface area contributed by atoms with Crippen molar-refractivity contribution in [3.63, 3.8) is 0 Å². The van der Waals surface area contributed by atoms with Crippen LogP contribution in [-0.4, -0.2) is 18.2 Å². The molecular formula is C14H20FNO. The van der Waals surface area contributed by atoms with Crippen molar-refractivity contribution in [3.05, 3.63) is 42.2 Å². The summed E-state index contributed by atoms with van der Waals surface area (Å²) in [6.45, 7) is 8.70. The first-order valence-corrected chi connectivity index (χ1v) is 5.94. The average molecular weight is 237 g/mol. The second-order valence-corrected chi connectivity index (χ2v) is 4.09. The number of hydrogen-bond donors (Lipinski definition) is 1. The molecule has 0 aliphatic carbocycles. The summed E-state index contributed by atoms with van der Waals surface area (Å²) in [7, 11) is 0. The Morgan fingerprint density at radius 1 is 1.53 bits per heavy atom. The molecule has 1 unspecified atom stereocenters. The Morgan fingerprint density at radius 3 is 2.76 bits per heavy atom. The standard InChI is InChI=1S/C14H20FNO/c1-4-9-16(10-5-2)14-12(11(3)17)7-6-8-13(14)15/h4,6-8,11,17H,1,5,9-10H2,2-3H3. The maximum Gasteiger partial charge on any atom is 0.146 e. The van der Waals surface area contributed by atoms with Crippen LogP contribution in [0.4, 0.5) is 10.1 Å². The van der Waals surface area contributed by atoms with Crippen molar-refractivity contribution in [2.24, 2.45) is 0 Å². The van der Waals surface area contributed by atoms with Gasteiger partial charge in [-0.2, -0.15) is 0 Å². The van der Waals surface area contributed by atoms with E-state index in [0.29, 0.717) is 17.8 Å². The first kappa shape index (κ1) is 13.7. The molecule has 0 heterocycles. The van der Waals surface area contributed by atoms with E-state index in [-0.39, 0.29) is 5.82 Å². The van der Waals surface area contributed by atoms with Gasteiger partial charge in [-0.15, -0.1) is 6.58 Å². The normalized spacial score (nSPS) is 12.2. The lowest BCUT2D eigenvalue weighted by Crippen LogP contribution is -2.26. The lowest BCUT2D eigenvalue weighted by atomic mass is 10.1. The molecule has 0 radical (unpaired) electrons. The van der Waals surface area contributed by atoms with Crippen molar-refractivity contribution in [1.82, 2.24) is 0 Å². The fraction of sp³-hybridized carbons (Fsp3) is 0.429. The van der Waals surface area contributed by atoms with Gasteiger partial charge >= 0.3 is 0 Å². The van der Waals surface area contributed by atoms with Crippen molar-refractivity contribution in [2.75, 3.05) is 18.0 Å². The van der Waals surface area contributed by atoms with Gasteiger partial charge in [0, 0.05) is 18.7 Å². The molecule has 94 valence electrons. The van der Waals surface area contributed by atoms with Gasteiger partial charge in [-0.05, 0) is 19.4 Å². The molecule has 0 saturated carbocycles. The maximum atomic E-state index is 13.9. The van der Waals surface area contributed by atoms with Gasteiger partial charge < -0.3 is 10.0 Å². The number of benzene rings is 1. The molecule has 0 aliphatic heterocycles. The summed E-state index contributed by atoms with van der Waals surface area (Å²) in [5.74, 6) is -0.293. The fourth-order valence-electron chi connectivity index (χ4n) is 1.92. The molecule has 0 bridgehead atoms. The van der Waals surface area contributed by atoms with Gasteiger partial charge in [0.1, 0.15) is 5.82 Å². The third-order valence-electron chi connectivity index (χ3n) is 2.63. The fourth-order valence-corrected chi connectivity index (χ4v) is 1.92. The minimum Gasteiger partial charge on any atom is -0.389 e. The largest absolute Gasteiger partial charge is 0.389 e. The molecule has 1 N–H and O–H groups in total. The van der Waals surface area contributed by atoms with Crippen LogP contribution in [0.15, 0.2) is 30.9 Å². The molecule has 3 heteroatoms. The molecule has 0 saturated heterocycles. The maximum absolute atomic E-state index is 13.9. The van der Waals surface area contributed by atoms with Crippen LogP contribution in [-0.2, 0) is 0 Å². The Morgan fingerprint density at radius 2 is 2.24 bits per heavy atom. The monoisotopic (exact) mass is 237 g/mol. The topological polar surface area (TPSA) is 23.5 Å². The summed E-state index contributed by atoms with van der Waals surface area (Å²) in [5, 5.41) is 9.70. The summed E-state index contributed by atoms with van der Waals surface area (Å²) >= 11 is 0. The Kier molecular flexibility index (Phi) is 5.16. The second-order valence-electron chi connectivity index (χ2n) is 4.09. The van der Waals surface area contributed by atoms with Crippen molar-refractivity contribution in [2.45, 2.75) is 26.4 Å². The Labute approximate surface area is 102 Å². The molecule has 1 atom stereocenters. The molecule has 0 fully saturated rings. The first-order valence-electron chi connectivity index (χ1n) is 5.94. The van der Waals surface area contributed by atoms with E-state index in [2.05, 4.69) is 6.58 Å². The summed E-state index contributed by atoms with van der Waals surface area (Å²) in [5.41, 5.74) is 1.12. The Balaban J connectivity index is 3.19. The van der Waals surface area contributed by atoms with E-state index < -0.39 is 6.10 Å². The quantitative estimate of drug-likeness (QED) is 0.767. The van der Waals surface area contributed by atoms with Crippen molar-refractivity contribution in [3.8, 4) is 0 Å². The van der Waals surface area contributed by atoms with Gasteiger partial charge in [-0.3, -0.25) is 0 Å². The van der Waals surface area contributed by atoms with Gasteiger partial charge in [0.15, 0.2) is 0 Å². The van der Waals surface area contributed by atoms with Crippen LogP contribution in [0.1, 0.15) is 31.9 Å². The van der Waals surface area contributed by atoms with Crippen LogP contribution >= 0.6 is 0 Å². The lowest BCUT2D eigenvalue weighted by Gasteiger charge is -2.26. The number of hydrogen-bond acceptors (Lipinski definition) is 2. The Hall–Kier alpha value is -1.35. The molecule has 0 aromatic heterocycles. The highest BCUT2D eigenvalue weighted by Gasteiger charge is 2.17. The summed E-state index contributed by atoms with van der Waals surface area (Å²) in [4.78, 5) is 1.91. The van der Waals surface area contributed by atoms with E-state index >= 15 is 0 Å². The summed E-state index contributed by atoms with van der Waals surface area (Å²) < 4.78 is 13.9. The van der Waals surface area contributed by atoms with Crippen LogP contribution in [0.25, 0.3) is 0 Å². The second kappa shape index (κ2) is 6.40. The third kappa shape index (κ3) is 3.30. The van der Waals surface area contributed by atoms with E-state index in [1.807, 2.05) is 11.8 Å². The lowest BCUT2D eigenvalue weighted by molar-refractivity contribution is 0.199. The molecule has 0 aliphatic rings. The van der Waals surface area contributed by atoms with Crippen molar-refractivity contribution < 1.29 is 9.50 Å². The van der Waals surface area contributed by atoms with E-state index in [9.17, 15) is 9.50 Å². The predicted molar refractivity (Wildman–Crippen MR) is 69.7 cm³/mol. The van der Waals surface area contributed by atoms with Crippen molar-refractivity contribution in [1.29, 1.82) is 0 Å². The van der Waals surface area contributed by atoms with Gasteiger partial charge in [-0.25, -0.2) is 4.39 Å². The van der Waals surface area contributed by atoms with Gasteiger partial charge in [0.2, 0.25) is 0 Å². The summed E-state index contributed by atoms with van der Waals surface area (Å²) in [6.07, 6.45) is 1.99. The minimum absolute atomic E-state index is 0.293. The third-order valence-corrected chi connectivity index (χ3v) is 2.63. The van der Waals surface area contributed by atoms with Crippen LogP contribution in [0.3, 0.4) is 0 Å². The highest BCUT2D eigenvalue weighted by atomic mass is 19.1. The number of rotatable bonds is 6. The zero-order chi connectivity index (χ0) is 12.8. The molecular weight excluding hydrogens is 217 g/mol. The van der Waals surface area contributed by atoms with Crippen LogP contribution in [0.5, 0.6) is 0 Å². The van der Waals surface area contributed by atoms with E-state index in [1.165, 1.54) is 6.07 Å². The van der Waals surface area contributed by atoms with Gasteiger partial charge in [0.25, 0.3) is 0 Å². The van der Waals surface area contributed by atoms with Crippen LogP contribution < -0.4 is 4.90 Å². The molecule has 0 amide bonds. The number of halogens is 1. The SMILES string of the molecule is C=CCN(CCC)c1c(F)cccc1C(C)O. The van der Waals surface area contributed by atoms with Crippen LogP contribution in [0, 0.1) is 5.82 Å². The molecule has 1 aromatic rings. The molecule has 0 spiro atoms. The highest BCUT2D eigenvalue weighted by Crippen LogP contribution is 2.29. The zero-order valence-electron chi connectivity index (χ0n) is 10.5. The molecule has 2 nitrogen and oxygen atoms in total. The predicted octanol–water partition coefficient (Wildman–Crippen LogP) is 3.28. The van der Waals surface area contributed by atoms with Gasteiger partial charge in [-0.1, -0.05) is 25.1 Å². The number of aliphatic hydroxyl groups is 1.